The second-order valence-corrected chi connectivity index (χ2v) is 4.95. The van der Waals surface area contributed by atoms with Crippen molar-refractivity contribution in [2.45, 2.75) is 13.1 Å². The lowest BCUT2D eigenvalue weighted by atomic mass is 10.1. The van der Waals surface area contributed by atoms with Crippen LogP contribution in [0.3, 0.4) is 0 Å². The molecule has 1 heterocycles. The van der Waals surface area contributed by atoms with Crippen molar-refractivity contribution < 1.29 is 4.39 Å². The third kappa shape index (κ3) is 4.15. The van der Waals surface area contributed by atoms with Crippen molar-refractivity contribution >= 4 is 0 Å². The van der Waals surface area contributed by atoms with Gasteiger partial charge in [-0.05, 0) is 24.7 Å². The summed E-state index contributed by atoms with van der Waals surface area (Å²) in [5.41, 5.74) is 6.72. The third-order valence-electron chi connectivity index (χ3n) is 3.14. The van der Waals surface area contributed by atoms with Crippen LogP contribution in [0.5, 0.6) is 0 Å². The van der Waals surface area contributed by atoms with Gasteiger partial charge in [0.05, 0.1) is 18.7 Å². The predicted molar refractivity (Wildman–Crippen MR) is 80.7 cm³/mol. The Bertz CT molecular complexity index is 666. The topological polar surface area (TPSA) is 47.1 Å². The number of nitrogens with two attached hydrogens (primary N) is 1. The van der Waals surface area contributed by atoms with Gasteiger partial charge < -0.3 is 10.3 Å². The maximum Gasteiger partial charge on any atom is 0.138 e. The molecule has 0 unspecified atom stereocenters. The second-order valence-electron chi connectivity index (χ2n) is 4.95. The van der Waals surface area contributed by atoms with E-state index >= 15 is 0 Å². The molecule has 0 spiro atoms. The van der Waals surface area contributed by atoms with Crippen molar-refractivity contribution in [1.82, 2.24) is 14.5 Å². The van der Waals surface area contributed by atoms with Crippen LogP contribution in [-0.4, -0.2) is 28.0 Å². The molecule has 1 aromatic heterocycles. The van der Waals surface area contributed by atoms with Gasteiger partial charge in [0.15, 0.2) is 0 Å². The number of benzene rings is 1. The first-order valence-electron chi connectivity index (χ1n) is 6.72. The van der Waals surface area contributed by atoms with Gasteiger partial charge in [-0.1, -0.05) is 17.9 Å². The molecule has 0 amide bonds. The highest BCUT2D eigenvalue weighted by atomic mass is 19.1. The van der Waals surface area contributed by atoms with Gasteiger partial charge >= 0.3 is 0 Å². The van der Waals surface area contributed by atoms with Gasteiger partial charge in [-0.25, -0.2) is 9.37 Å². The Kier molecular flexibility index (Phi) is 5.09. The molecule has 0 saturated carbocycles. The van der Waals surface area contributed by atoms with E-state index in [1.165, 1.54) is 6.07 Å². The van der Waals surface area contributed by atoms with E-state index in [9.17, 15) is 4.39 Å². The highest BCUT2D eigenvalue weighted by Crippen LogP contribution is 2.12. The maximum absolute atomic E-state index is 13.6. The summed E-state index contributed by atoms with van der Waals surface area (Å²) in [5, 5.41) is 0. The summed E-state index contributed by atoms with van der Waals surface area (Å²) in [6, 6.07) is 5.00. The van der Waals surface area contributed by atoms with Crippen molar-refractivity contribution in [3.8, 4) is 11.8 Å². The quantitative estimate of drug-likeness (QED) is 0.867. The first-order chi connectivity index (χ1) is 10.1. The molecule has 0 saturated heterocycles. The normalized spacial score (nSPS) is 10.5. The van der Waals surface area contributed by atoms with Crippen LogP contribution < -0.4 is 5.73 Å². The Morgan fingerprint density at radius 2 is 2.19 bits per heavy atom. The van der Waals surface area contributed by atoms with Crippen LogP contribution in [0.25, 0.3) is 0 Å². The van der Waals surface area contributed by atoms with E-state index in [4.69, 9.17) is 5.73 Å². The van der Waals surface area contributed by atoms with Gasteiger partial charge in [0.25, 0.3) is 0 Å². The van der Waals surface area contributed by atoms with Gasteiger partial charge in [0.1, 0.15) is 11.6 Å². The van der Waals surface area contributed by atoms with Crippen LogP contribution in [0.15, 0.2) is 30.6 Å². The fourth-order valence-electron chi connectivity index (χ4n) is 2.07. The lowest BCUT2D eigenvalue weighted by Crippen LogP contribution is -2.19. The molecule has 0 aliphatic rings. The first-order valence-corrected chi connectivity index (χ1v) is 6.72. The minimum absolute atomic E-state index is 0.225. The Hall–Kier alpha value is -2.16. The monoisotopic (exact) mass is 286 g/mol. The SMILES string of the molecule is CN(Cc1ccc(F)c(C#CCN)c1)Cc1nccn1C. The van der Waals surface area contributed by atoms with Crippen molar-refractivity contribution in [2.24, 2.45) is 12.8 Å². The van der Waals surface area contributed by atoms with Crippen LogP contribution in [0.2, 0.25) is 0 Å². The minimum Gasteiger partial charge on any atom is -0.337 e. The molecule has 0 aliphatic carbocycles. The molecular formula is C16H19FN4. The summed E-state index contributed by atoms with van der Waals surface area (Å²) in [7, 11) is 3.97. The Morgan fingerprint density at radius 1 is 1.38 bits per heavy atom. The fraction of sp³-hybridized carbons (Fsp3) is 0.312. The van der Waals surface area contributed by atoms with Crippen molar-refractivity contribution in [3.63, 3.8) is 0 Å². The summed E-state index contributed by atoms with van der Waals surface area (Å²) >= 11 is 0. The highest BCUT2D eigenvalue weighted by Gasteiger charge is 2.07. The standard InChI is InChI=1S/C16H19FN4/c1-20(12-16-19-8-9-21(16)2)11-13-5-6-15(17)14(10-13)4-3-7-18/h5-6,8-10H,7,11-12,18H2,1-2H3. The summed E-state index contributed by atoms with van der Waals surface area (Å²) < 4.78 is 15.6. The summed E-state index contributed by atoms with van der Waals surface area (Å²) in [6.45, 7) is 1.65. The zero-order chi connectivity index (χ0) is 15.2. The van der Waals surface area contributed by atoms with E-state index in [2.05, 4.69) is 21.7 Å². The smallest absolute Gasteiger partial charge is 0.138 e. The van der Waals surface area contributed by atoms with Crippen LogP contribution in [0.1, 0.15) is 17.0 Å². The summed E-state index contributed by atoms with van der Waals surface area (Å²) in [5.74, 6) is 6.11. The number of rotatable bonds is 4. The van der Waals surface area contributed by atoms with E-state index < -0.39 is 0 Å². The largest absolute Gasteiger partial charge is 0.337 e. The van der Waals surface area contributed by atoms with Crippen LogP contribution in [0.4, 0.5) is 4.39 Å². The van der Waals surface area contributed by atoms with Gasteiger partial charge in [0, 0.05) is 26.0 Å². The lowest BCUT2D eigenvalue weighted by Gasteiger charge is -2.16. The summed E-state index contributed by atoms with van der Waals surface area (Å²) in [6.07, 6.45) is 3.70. The molecule has 2 N–H and O–H groups in total. The molecule has 2 rings (SSSR count). The average Bonchev–Trinajstić information content (AvgIpc) is 2.85. The van der Waals surface area contributed by atoms with Gasteiger partial charge in [-0.3, -0.25) is 4.90 Å². The molecule has 4 nitrogen and oxygen atoms in total. The van der Waals surface area contributed by atoms with E-state index in [1.807, 2.05) is 24.9 Å². The number of aromatic nitrogens is 2. The Labute approximate surface area is 124 Å². The lowest BCUT2D eigenvalue weighted by molar-refractivity contribution is 0.307. The van der Waals surface area contributed by atoms with E-state index in [0.29, 0.717) is 12.1 Å². The zero-order valence-electron chi connectivity index (χ0n) is 12.3. The molecule has 5 heteroatoms. The number of hydrogen-bond donors (Lipinski definition) is 1. The summed E-state index contributed by atoms with van der Waals surface area (Å²) in [4.78, 5) is 6.42. The van der Waals surface area contributed by atoms with Crippen LogP contribution in [-0.2, 0) is 20.1 Å². The number of imidazole rings is 1. The van der Waals surface area contributed by atoms with E-state index in [0.717, 1.165) is 17.9 Å². The third-order valence-corrected chi connectivity index (χ3v) is 3.14. The van der Waals surface area contributed by atoms with Gasteiger partial charge in [-0.2, -0.15) is 0 Å². The molecule has 0 radical (unpaired) electrons. The molecule has 110 valence electrons. The van der Waals surface area contributed by atoms with E-state index in [1.54, 1.807) is 18.3 Å². The predicted octanol–water partition coefficient (Wildman–Crippen LogP) is 1.50. The van der Waals surface area contributed by atoms with Gasteiger partial charge in [0.2, 0.25) is 0 Å². The van der Waals surface area contributed by atoms with Crippen molar-refractivity contribution in [2.75, 3.05) is 13.6 Å². The number of aryl methyl sites for hydroxylation is 1. The average molecular weight is 286 g/mol. The van der Waals surface area contributed by atoms with Crippen LogP contribution >= 0.6 is 0 Å². The molecule has 0 fully saturated rings. The Balaban J connectivity index is 2.07. The van der Waals surface area contributed by atoms with Crippen LogP contribution in [0, 0.1) is 17.7 Å². The van der Waals surface area contributed by atoms with E-state index in [-0.39, 0.29) is 12.4 Å². The molecule has 0 aliphatic heterocycles. The van der Waals surface area contributed by atoms with Gasteiger partial charge in [-0.15, -0.1) is 0 Å². The number of halogens is 1. The second kappa shape index (κ2) is 7.02. The molecule has 1 aromatic carbocycles. The number of hydrogen-bond acceptors (Lipinski definition) is 3. The van der Waals surface area contributed by atoms with Crippen molar-refractivity contribution in [3.05, 3.63) is 53.4 Å². The molecule has 2 aromatic rings. The molecule has 0 atom stereocenters. The molecule has 21 heavy (non-hydrogen) atoms. The Morgan fingerprint density at radius 3 is 2.86 bits per heavy atom. The zero-order valence-corrected chi connectivity index (χ0v) is 12.3. The molecular weight excluding hydrogens is 267 g/mol. The highest BCUT2D eigenvalue weighted by molar-refractivity contribution is 5.38. The molecule has 0 bridgehead atoms. The first kappa shape index (κ1) is 15.2. The number of nitrogens with zero attached hydrogens (tertiary/aromatic N) is 3. The minimum atomic E-state index is -0.313. The van der Waals surface area contributed by atoms with Crippen molar-refractivity contribution in [1.29, 1.82) is 0 Å². The fourth-order valence-corrected chi connectivity index (χ4v) is 2.07. The maximum atomic E-state index is 13.6.